The van der Waals surface area contributed by atoms with Crippen LogP contribution in [0.1, 0.15) is 30.5 Å². The Hall–Kier alpha value is -2.64. The maximum absolute atomic E-state index is 13.3. The second kappa shape index (κ2) is 6.51. The van der Waals surface area contributed by atoms with Crippen LogP contribution in [0, 0.1) is 12.8 Å². The smallest absolute Gasteiger partial charge is 0.282 e. The lowest BCUT2D eigenvalue weighted by molar-refractivity contribution is -0.113. The number of pyridine rings is 2. The maximum Gasteiger partial charge on any atom is 0.282 e. The molecule has 3 heterocycles. The van der Waals surface area contributed by atoms with Crippen LogP contribution in [0.3, 0.4) is 0 Å². The number of nitrogens with one attached hydrogen (secondary N) is 1. The van der Waals surface area contributed by atoms with Gasteiger partial charge >= 0.3 is 0 Å². The van der Waals surface area contributed by atoms with Gasteiger partial charge in [0, 0.05) is 43.4 Å². The molecule has 0 unspecified atom stereocenters. The van der Waals surface area contributed by atoms with E-state index in [0.29, 0.717) is 17.9 Å². The normalized spacial score (nSPS) is 16.7. The molecule has 3 aromatic rings. The van der Waals surface area contributed by atoms with Crippen molar-refractivity contribution in [2.24, 2.45) is 5.92 Å². The van der Waals surface area contributed by atoms with Gasteiger partial charge in [0.05, 0.1) is 11.2 Å². The highest BCUT2D eigenvalue weighted by Crippen LogP contribution is 2.43. The number of fused-ring (bicyclic) bond motifs is 1. The molecule has 27 heavy (non-hydrogen) atoms. The highest BCUT2D eigenvalue weighted by molar-refractivity contribution is 5.92. The summed E-state index contributed by atoms with van der Waals surface area (Å²) in [7, 11) is 0. The zero-order valence-corrected chi connectivity index (χ0v) is 14.6. The zero-order valence-electron chi connectivity index (χ0n) is 14.6. The minimum atomic E-state index is -2.71. The van der Waals surface area contributed by atoms with Gasteiger partial charge in [-0.05, 0) is 36.6 Å². The molecule has 1 aliphatic rings. The summed E-state index contributed by atoms with van der Waals surface area (Å²) in [4.78, 5) is 8.05. The van der Waals surface area contributed by atoms with Crippen LogP contribution in [-0.2, 0) is 6.54 Å². The molecule has 0 amide bonds. The van der Waals surface area contributed by atoms with Crippen LogP contribution in [0.5, 0.6) is 0 Å². The van der Waals surface area contributed by atoms with E-state index in [2.05, 4.69) is 15.3 Å². The first kappa shape index (κ1) is 17.8. The van der Waals surface area contributed by atoms with Crippen LogP contribution < -0.4 is 5.32 Å². The number of hydrogen-bond donors (Lipinski definition) is 1. The number of hydrogen-bond acceptors (Lipinski definition) is 3. The van der Waals surface area contributed by atoms with Crippen LogP contribution in [0.15, 0.2) is 36.8 Å². The van der Waals surface area contributed by atoms with Crippen LogP contribution in [-0.4, -0.2) is 20.5 Å². The fourth-order valence-electron chi connectivity index (χ4n) is 3.60. The Kier molecular flexibility index (Phi) is 4.28. The lowest BCUT2D eigenvalue weighted by atomic mass is 9.81. The van der Waals surface area contributed by atoms with Gasteiger partial charge in [0.25, 0.3) is 6.43 Å². The quantitative estimate of drug-likeness (QED) is 0.599. The number of aromatic nitrogens is 3. The highest BCUT2D eigenvalue weighted by Gasteiger charge is 2.45. The summed E-state index contributed by atoms with van der Waals surface area (Å²) >= 11 is 0. The third-order valence-electron chi connectivity index (χ3n) is 4.97. The summed E-state index contributed by atoms with van der Waals surface area (Å²) < 4.78 is 54.7. The molecule has 0 radical (unpaired) electrons. The zero-order chi connectivity index (χ0) is 19.2. The van der Waals surface area contributed by atoms with Crippen molar-refractivity contribution in [1.82, 2.24) is 14.5 Å². The number of halogens is 4. The van der Waals surface area contributed by atoms with Crippen molar-refractivity contribution < 1.29 is 17.6 Å². The Morgan fingerprint density at radius 1 is 1.19 bits per heavy atom. The van der Waals surface area contributed by atoms with Gasteiger partial charge in [-0.2, -0.15) is 0 Å². The first-order chi connectivity index (χ1) is 12.8. The third kappa shape index (κ3) is 3.36. The van der Waals surface area contributed by atoms with Gasteiger partial charge in [0.2, 0.25) is 5.92 Å². The third-order valence-corrected chi connectivity index (χ3v) is 4.97. The first-order valence-corrected chi connectivity index (χ1v) is 8.66. The fourth-order valence-corrected chi connectivity index (χ4v) is 3.60. The van der Waals surface area contributed by atoms with E-state index in [1.165, 1.54) is 6.20 Å². The van der Waals surface area contributed by atoms with Crippen molar-refractivity contribution >= 4 is 22.4 Å². The van der Waals surface area contributed by atoms with E-state index in [4.69, 9.17) is 0 Å². The number of rotatable bonds is 5. The molecule has 0 atom stereocenters. The average molecular weight is 378 g/mol. The Labute approximate surface area is 153 Å². The molecule has 1 N–H and O–H groups in total. The standard InChI is InChI=1S/C19H18F4N4/c1-11-2-5-24-16(17(20)21)15(11)26-18-13-4-7-27(14(13)3-6-25-18)10-12-8-19(22,23)9-12/h2-7,12,17H,8-10H2,1H3,(H,25,26). The molecule has 1 saturated carbocycles. The van der Waals surface area contributed by atoms with Gasteiger partial charge < -0.3 is 9.88 Å². The summed E-state index contributed by atoms with van der Waals surface area (Å²) in [5, 5.41) is 3.73. The van der Waals surface area contributed by atoms with Crippen molar-refractivity contribution in [1.29, 1.82) is 0 Å². The predicted octanol–water partition coefficient (Wildman–Crippen LogP) is 5.47. The van der Waals surface area contributed by atoms with E-state index in [1.807, 2.05) is 16.8 Å². The van der Waals surface area contributed by atoms with Crippen LogP contribution in [0.2, 0.25) is 0 Å². The predicted molar refractivity (Wildman–Crippen MR) is 94.6 cm³/mol. The van der Waals surface area contributed by atoms with Crippen molar-refractivity contribution in [2.75, 3.05) is 5.32 Å². The molecule has 0 aliphatic heterocycles. The monoisotopic (exact) mass is 378 g/mol. The second-order valence-corrected chi connectivity index (χ2v) is 7.00. The SMILES string of the molecule is Cc1ccnc(C(F)F)c1Nc1nccc2c1ccn2CC1CC(F)(F)C1. The summed E-state index contributed by atoms with van der Waals surface area (Å²) in [6.45, 7) is 2.22. The highest BCUT2D eigenvalue weighted by atomic mass is 19.3. The summed E-state index contributed by atoms with van der Waals surface area (Å²) in [6.07, 6.45) is 1.82. The number of aryl methyl sites for hydroxylation is 1. The van der Waals surface area contributed by atoms with Crippen molar-refractivity contribution in [2.45, 2.75) is 38.7 Å². The molecule has 0 saturated heterocycles. The van der Waals surface area contributed by atoms with E-state index in [-0.39, 0.29) is 30.1 Å². The minimum absolute atomic E-state index is 0.0637. The molecule has 3 aromatic heterocycles. The molecule has 8 heteroatoms. The van der Waals surface area contributed by atoms with Crippen LogP contribution in [0.25, 0.3) is 10.9 Å². The van der Waals surface area contributed by atoms with Crippen LogP contribution >= 0.6 is 0 Å². The molecule has 0 spiro atoms. The second-order valence-electron chi connectivity index (χ2n) is 7.00. The van der Waals surface area contributed by atoms with Gasteiger partial charge in [-0.25, -0.2) is 22.5 Å². The topological polar surface area (TPSA) is 42.7 Å². The number of anilines is 2. The summed E-state index contributed by atoms with van der Waals surface area (Å²) in [5.74, 6) is -2.18. The summed E-state index contributed by atoms with van der Waals surface area (Å²) in [5.41, 5.74) is 1.36. The molecule has 4 nitrogen and oxygen atoms in total. The fraction of sp³-hybridized carbons (Fsp3) is 0.368. The van der Waals surface area contributed by atoms with Gasteiger partial charge in [-0.1, -0.05) is 0 Å². The molecular weight excluding hydrogens is 360 g/mol. The van der Waals surface area contributed by atoms with E-state index in [1.54, 1.807) is 25.3 Å². The Morgan fingerprint density at radius 2 is 1.93 bits per heavy atom. The maximum atomic E-state index is 13.3. The lowest BCUT2D eigenvalue weighted by Crippen LogP contribution is -2.37. The number of nitrogens with zero attached hydrogens (tertiary/aromatic N) is 3. The lowest BCUT2D eigenvalue weighted by Gasteiger charge is -2.35. The van der Waals surface area contributed by atoms with Crippen LogP contribution in [0.4, 0.5) is 29.1 Å². The average Bonchev–Trinajstić information content (AvgIpc) is 2.99. The van der Waals surface area contributed by atoms with E-state index < -0.39 is 12.3 Å². The minimum Gasteiger partial charge on any atom is -0.347 e. The molecule has 0 aromatic carbocycles. The molecule has 4 rings (SSSR count). The van der Waals surface area contributed by atoms with E-state index >= 15 is 0 Å². The van der Waals surface area contributed by atoms with E-state index in [0.717, 1.165) is 10.9 Å². The first-order valence-electron chi connectivity index (χ1n) is 8.66. The van der Waals surface area contributed by atoms with Crippen molar-refractivity contribution in [3.05, 3.63) is 48.0 Å². The van der Waals surface area contributed by atoms with Gasteiger partial charge in [-0.3, -0.25) is 4.98 Å². The van der Waals surface area contributed by atoms with Crippen molar-refractivity contribution in [3.63, 3.8) is 0 Å². The van der Waals surface area contributed by atoms with Crippen molar-refractivity contribution in [3.8, 4) is 0 Å². The Balaban J connectivity index is 1.65. The molecule has 1 aliphatic carbocycles. The molecule has 0 bridgehead atoms. The van der Waals surface area contributed by atoms with E-state index in [9.17, 15) is 17.6 Å². The number of alkyl halides is 4. The Morgan fingerprint density at radius 3 is 2.63 bits per heavy atom. The van der Waals surface area contributed by atoms with Gasteiger partial charge in [-0.15, -0.1) is 0 Å². The largest absolute Gasteiger partial charge is 0.347 e. The van der Waals surface area contributed by atoms with Gasteiger partial charge in [0.1, 0.15) is 11.5 Å². The molecule has 1 fully saturated rings. The molecule has 142 valence electrons. The Bertz CT molecular complexity index is 975. The summed E-state index contributed by atoms with van der Waals surface area (Å²) in [6, 6.07) is 5.26. The van der Waals surface area contributed by atoms with Gasteiger partial charge in [0.15, 0.2) is 0 Å². The molecular formula is C19H18F4N4.